The molecule has 8 rings (SSSR count). The van der Waals surface area contributed by atoms with Crippen LogP contribution in [0.2, 0.25) is 0 Å². The normalized spacial score (nSPS) is 13.6. The van der Waals surface area contributed by atoms with Gasteiger partial charge in [0.1, 0.15) is 0 Å². The summed E-state index contributed by atoms with van der Waals surface area (Å²) in [5, 5.41) is 21.9. The van der Waals surface area contributed by atoms with Crippen molar-refractivity contribution in [2.45, 2.75) is 27.7 Å². The lowest BCUT2D eigenvalue weighted by molar-refractivity contribution is 0.300. The van der Waals surface area contributed by atoms with Crippen LogP contribution in [-0.2, 0) is 4.52 Å². The van der Waals surface area contributed by atoms with Gasteiger partial charge < -0.3 is 49.6 Å². The van der Waals surface area contributed by atoms with Crippen molar-refractivity contribution in [3.8, 4) is 0 Å². The van der Waals surface area contributed by atoms with Crippen molar-refractivity contribution in [1.82, 2.24) is 10.6 Å². The monoisotopic (exact) mass is 964 g/mol. The van der Waals surface area contributed by atoms with E-state index in [0.717, 1.165) is 37.6 Å². The second kappa shape index (κ2) is 25.6. The van der Waals surface area contributed by atoms with E-state index in [9.17, 15) is 0 Å². The Kier molecular flexibility index (Phi) is 19.5. The van der Waals surface area contributed by atoms with Crippen LogP contribution in [0.15, 0.2) is 158 Å². The fourth-order valence-corrected chi connectivity index (χ4v) is 11.6. The molecule has 6 aromatic carbocycles. The minimum Gasteiger partial charge on any atom is -0.395 e. The maximum absolute atomic E-state index is 8.53. The lowest BCUT2D eigenvalue weighted by atomic mass is 10.2. The smallest absolute Gasteiger partial charge is 0.248 e. The highest BCUT2D eigenvalue weighted by molar-refractivity contribution is 7.86. The molecule has 0 bridgehead atoms. The molecule has 0 unspecified atom stereocenters. The second-order valence-electron chi connectivity index (χ2n) is 15.4. The van der Waals surface area contributed by atoms with Crippen LogP contribution in [0.4, 0.5) is 34.1 Å². The van der Waals surface area contributed by atoms with Gasteiger partial charge in [0.25, 0.3) is 0 Å². The standard InChI is InChI=1S/C25H29N4OPS.C16H18ClN2P.C9H12N2OS/c1-20-8-12-23(13-9-20)28-17-18-29(24-14-10-21(2)11-15-24)31(28)30-19-16-26-25(32)27-22-6-4-3-5-7-22;1-13-3-7-15(8-4-13)18-11-12-19(20(18)17)16-9-5-14(2)6-10-16;12-7-6-10-9(13)11-8-4-2-1-3-5-8/h3-15H,16-19H2,1-2H3,(H2,26,27,32);3-10H,11-12H2,1-2H3;1-5,12H,6-7H2,(H2,10,11,13). The molecule has 6 aromatic rings. The summed E-state index contributed by atoms with van der Waals surface area (Å²) in [5.41, 5.74) is 11.8. The predicted octanol–water partition coefficient (Wildman–Crippen LogP) is 11.9. The number of benzene rings is 6. The summed E-state index contributed by atoms with van der Waals surface area (Å²) in [6.07, 6.45) is 0. The summed E-state index contributed by atoms with van der Waals surface area (Å²) in [7, 11) is -1.78. The largest absolute Gasteiger partial charge is 0.395 e. The highest BCUT2D eigenvalue weighted by atomic mass is 35.7. The summed E-state index contributed by atoms with van der Waals surface area (Å²) in [6.45, 7) is 14.0. The van der Waals surface area contributed by atoms with Gasteiger partial charge in [-0.15, -0.1) is 0 Å². The first-order valence-electron chi connectivity index (χ1n) is 21.6. The maximum Gasteiger partial charge on any atom is 0.248 e. The zero-order chi connectivity index (χ0) is 46.0. The van der Waals surface area contributed by atoms with Crippen molar-refractivity contribution in [2.24, 2.45) is 0 Å². The number of anilines is 6. The van der Waals surface area contributed by atoms with Crippen molar-refractivity contribution in [3.63, 3.8) is 0 Å². The highest BCUT2D eigenvalue weighted by Gasteiger charge is 2.35. The molecule has 0 spiro atoms. The van der Waals surface area contributed by atoms with Gasteiger partial charge in [0.2, 0.25) is 8.45 Å². The number of thiocarbonyl (C=S) groups is 2. The van der Waals surface area contributed by atoms with Gasteiger partial charge in [0.15, 0.2) is 17.8 Å². The van der Waals surface area contributed by atoms with Gasteiger partial charge >= 0.3 is 0 Å². The van der Waals surface area contributed by atoms with E-state index in [0.29, 0.717) is 29.9 Å². The van der Waals surface area contributed by atoms with Gasteiger partial charge in [0, 0.05) is 73.4 Å². The number of nitrogens with zero attached hydrogens (tertiary/aromatic N) is 4. The van der Waals surface area contributed by atoms with Gasteiger partial charge in [-0.1, -0.05) is 107 Å². The van der Waals surface area contributed by atoms with Crippen LogP contribution >= 0.6 is 51.7 Å². The lowest BCUT2D eigenvalue weighted by Gasteiger charge is -2.31. The minimum absolute atomic E-state index is 0.0800. The van der Waals surface area contributed by atoms with E-state index in [1.165, 1.54) is 45.0 Å². The van der Waals surface area contributed by atoms with Crippen LogP contribution in [0.25, 0.3) is 0 Å². The number of aryl methyl sites for hydroxylation is 4. The molecule has 0 aromatic heterocycles. The Balaban J connectivity index is 0.000000180. The SMILES string of the molecule is Cc1ccc(N2CCN(c3ccc(C)cc3)P2Cl)cc1.Cc1ccc(N2CCN(c3ccc(C)cc3)P2OCCNC(=S)Nc2ccccc2)cc1.OCCNC(=S)Nc1ccccc1. The second-order valence-corrected chi connectivity index (χ2v) is 20.3. The van der Waals surface area contributed by atoms with Crippen molar-refractivity contribution in [3.05, 3.63) is 180 Å². The van der Waals surface area contributed by atoms with Crippen LogP contribution in [0.3, 0.4) is 0 Å². The van der Waals surface area contributed by atoms with E-state index in [4.69, 9.17) is 45.3 Å². The van der Waals surface area contributed by atoms with Crippen molar-refractivity contribution in [1.29, 1.82) is 0 Å². The van der Waals surface area contributed by atoms with Crippen LogP contribution < -0.4 is 39.9 Å². The number of hydrogen-bond acceptors (Lipinski definition) is 8. The number of para-hydroxylation sites is 2. The molecule has 0 atom stereocenters. The molecule has 2 aliphatic rings. The third-order valence-electron chi connectivity index (χ3n) is 10.2. The first-order chi connectivity index (χ1) is 31.6. The van der Waals surface area contributed by atoms with Gasteiger partial charge in [-0.2, -0.15) is 0 Å². The summed E-state index contributed by atoms with van der Waals surface area (Å²) in [6, 6.07) is 54.2. The Morgan fingerprint density at radius 2 is 0.831 bits per heavy atom. The van der Waals surface area contributed by atoms with Crippen LogP contribution in [0.5, 0.6) is 0 Å². The van der Waals surface area contributed by atoms with Gasteiger partial charge in [-0.05, 0) is 136 Å². The zero-order valence-corrected chi connectivity index (χ0v) is 41.6. The molecule has 2 aliphatic heterocycles. The Morgan fingerprint density at radius 3 is 1.18 bits per heavy atom. The summed E-state index contributed by atoms with van der Waals surface area (Å²) in [5.74, 6) is 0. The number of halogens is 1. The van der Waals surface area contributed by atoms with Crippen molar-refractivity contribution < 1.29 is 9.63 Å². The van der Waals surface area contributed by atoms with Gasteiger partial charge in [-0.3, -0.25) is 0 Å². The fourth-order valence-electron chi connectivity index (χ4n) is 6.74. The van der Waals surface area contributed by atoms with Gasteiger partial charge in [-0.25, -0.2) is 0 Å². The minimum atomic E-state index is -0.960. The van der Waals surface area contributed by atoms with Crippen LogP contribution in [0.1, 0.15) is 22.3 Å². The number of aliphatic hydroxyl groups excluding tert-OH is 1. The van der Waals surface area contributed by atoms with E-state index in [1.807, 2.05) is 60.7 Å². The molecule has 2 heterocycles. The molecule has 0 saturated carbocycles. The Labute approximate surface area is 403 Å². The number of nitrogens with one attached hydrogen (secondary N) is 4. The molecule has 5 N–H and O–H groups in total. The third-order valence-corrected chi connectivity index (χ3v) is 15.6. The molecule has 0 aliphatic carbocycles. The molecule has 15 heteroatoms. The molecule has 340 valence electrons. The zero-order valence-electron chi connectivity index (χ0n) is 37.4. The Morgan fingerprint density at radius 1 is 0.508 bits per heavy atom. The molecular formula is C50H59ClN8O2P2S2. The molecule has 10 nitrogen and oxygen atoms in total. The quantitative estimate of drug-likeness (QED) is 0.0460. The molecule has 0 radical (unpaired) electrons. The highest BCUT2D eigenvalue weighted by Crippen LogP contribution is 2.57. The molecule has 65 heavy (non-hydrogen) atoms. The maximum atomic E-state index is 8.53. The molecule has 2 saturated heterocycles. The summed E-state index contributed by atoms with van der Waals surface area (Å²) >= 11 is 17.1. The van der Waals surface area contributed by atoms with Crippen molar-refractivity contribution in [2.75, 3.05) is 81.8 Å². The molecule has 2 fully saturated rings. The van der Waals surface area contributed by atoms with E-state index in [1.54, 1.807) is 0 Å². The number of hydrogen-bond donors (Lipinski definition) is 5. The van der Waals surface area contributed by atoms with E-state index < -0.39 is 16.0 Å². The van der Waals surface area contributed by atoms with Crippen molar-refractivity contribution >= 4 is 96.1 Å². The number of aliphatic hydroxyl groups is 1. The van der Waals surface area contributed by atoms with E-state index >= 15 is 0 Å². The average Bonchev–Trinajstić information content (AvgIpc) is 3.92. The number of rotatable bonds is 12. The Hall–Kier alpha value is -5.03. The van der Waals surface area contributed by atoms with E-state index in [2.05, 4.69) is 165 Å². The Bertz CT molecular complexity index is 2250. The predicted molar refractivity (Wildman–Crippen MR) is 288 cm³/mol. The van der Waals surface area contributed by atoms with Crippen LogP contribution in [0, 0.1) is 27.7 Å². The summed E-state index contributed by atoms with van der Waals surface area (Å²) in [4.78, 5) is 0. The first kappa shape index (κ1) is 49.4. The fraction of sp³-hybridized carbons (Fsp3) is 0.240. The lowest BCUT2D eigenvalue weighted by Crippen LogP contribution is -2.31. The molecular weight excluding hydrogens is 906 g/mol. The van der Waals surface area contributed by atoms with Crippen LogP contribution in [-0.4, -0.2) is 67.8 Å². The first-order valence-corrected chi connectivity index (χ1v) is 25.8. The van der Waals surface area contributed by atoms with Gasteiger partial charge in [0.05, 0.1) is 13.2 Å². The summed E-state index contributed by atoms with van der Waals surface area (Å²) < 4.78 is 15.8. The third kappa shape index (κ3) is 15.3. The average molecular weight is 966 g/mol. The topological polar surface area (TPSA) is 90.5 Å². The molecule has 0 amide bonds. The van der Waals surface area contributed by atoms with E-state index in [-0.39, 0.29) is 6.61 Å².